The summed E-state index contributed by atoms with van der Waals surface area (Å²) in [7, 11) is -4.35. The SMILES string of the molecule is Cc1cc(-c2ccccc2C)ccc1C(=O)NS(=O)(=O)c1ccc(NCC23CC4CC(CC(C4)C2)C3)c([N+](=O)[O-])c1. The molecule has 0 aromatic heterocycles. The van der Waals surface area contributed by atoms with Gasteiger partial charge in [0.1, 0.15) is 5.69 Å². The van der Waals surface area contributed by atoms with Gasteiger partial charge in [0.05, 0.1) is 9.82 Å². The average Bonchev–Trinajstić information content (AvgIpc) is 2.91. The van der Waals surface area contributed by atoms with Crippen molar-refractivity contribution >= 4 is 27.3 Å². The molecule has 0 aliphatic heterocycles. The first kappa shape index (κ1) is 27.4. The van der Waals surface area contributed by atoms with E-state index in [1.54, 1.807) is 19.1 Å². The second-order valence-corrected chi connectivity index (χ2v) is 14.2. The van der Waals surface area contributed by atoms with E-state index in [0.29, 0.717) is 17.8 Å². The number of nitrogens with zero attached hydrogens (tertiary/aromatic N) is 1. The average molecular weight is 574 g/mol. The van der Waals surface area contributed by atoms with Crippen LogP contribution in [0.1, 0.15) is 60.0 Å². The van der Waals surface area contributed by atoms with Crippen LogP contribution in [0.2, 0.25) is 0 Å². The van der Waals surface area contributed by atoms with Gasteiger partial charge in [-0.05, 0) is 116 Å². The number of carbonyl (C=O) groups is 1. The standard InChI is InChI=1S/C32H35N3O5S/c1-20-5-3-4-6-27(20)25-7-9-28(21(2)11-25)31(36)34-41(39,40)26-8-10-29(30(15-26)35(37)38)33-19-32-16-22-12-23(17-32)14-24(13-22)18-32/h3-11,15,22-24,33H,12-14,16-19H2,1-2H3,(H,34,36). The quantitative estimate of drug-likeness (QED) is 0.231. The molecule has 41 heavy (non-hydrogen) atoms. The third-order valence-corrected chi connectivity index (χ3v) is 10.8. The van der Waals surface area contributed by atoms with E-state index in [-0.39, 0.29) is 21.6 Å². The summed E-state index contributed by atoms with van der Waals surface area (Å²) in [6.45, 7) is 4.40. The first-order valence-electron chi connectivity index (χ1n) is 14.3. The topological polar surface area (TPSA) is 118 Å². The Kier molecular flexibility index (Phi) is 6.88. The third kappa shape index (κ3) is 5.35. The number of amides is 1. The maximum atomic E-state index is 13.2. The Hall–Kier alpha value is -3.72. The Morgan fingerprint density at radius 2 is 1.59 bits per heavy atom. The molecule has 4 aliphatic carbocycles. The summed E-state index contributed by atoms with van der Waals surface area (Å²) in [5, 5.41) is 15.3. The predicted molar refractivity (Wildman–Crippen MR) is 158 cm³/mol. The first-order valence-corrected chi connectivity index (χ1v) is 15.8. The molecule has 0 atom stereocenters. The van der Waals surface area contributed by atoms with Crippen LogP contribution in [0.15, 0.2) is 65.6 Å². The number of nitro groups is 1. The van der Waals surface area contributed by atoms with E-state index in [2.05, 4.69) is 10.0 Å². The smallest absolute Gasteiger partial charge is 0.293 e. The van der Waals surface area contributed by atoms with Gasteiger partial charge in [-0.25, -0.2) is 13.1 Å². The van der Waals surface area contributed by atoms with Crippen LogP contribution < -0.4 is 10.0 Å². The van der Waals surface area contributed by atoms with Crippen LogP contribution in [0.3, 0.4) is 0 Å². The zero-order valence-corrected chi connectivity index (χ0v) is 24.2. The predicted octanol–water partition coefficient (Wildman–Crippen LogP) is 6.63. The zero-order chi connectivity index (χ0) is 28.9. The number of sulfonamides is 1. The Labute approximate surface area is 240 Å². The fourth-order valence-electron chi connectivity index (χ4n) is 7.99. The van der Waals surface area contributed by atoms with Crippen molar-refractivity contribution in [1.82, 2.24) is 4.72 Å². The summed E-state index contributed by atoms with van der Waals surface area (Å²) in [6.07, 6.45) is 7.41. The highest BCUT2D eigenvalue weighted by Crippen LogP contribution is 2.60. The maximum absolute atomic E-state index is 13.2. The molecule has 4 bridgehead atoms. The second-order valence-electron chi connectivity index (χ2n) is 12.5. The molecule has 3 aromatic rings. The van der Waals surface area contributed by atoms with E-state index in [1.165, 1.54) is 31.4 Å². The molecule has 214 valence electrons. The van der Waals surface area contributed by atoms with Crippen LogP contribution in [0.5, 0.6) is 0 Å². The number of aryl methyl sites for hydroxylation is 2. The minimum atomic E-state index is -4.35. The Morgan fingerprint density at radius 3 is 2.20 bits per heavy atom. The van der Waals surface area contributed by atoms with Gasteiger partial charge in [0.25, 0.3) is 21.6 Å². The molecule has 0 saturated heterocycles. The summed E-state index contributed by atoms with van der Waals surface area (Å²) in [5.74, 6) is 1.50. The molecule has 2 N–H and O–H groups in total. The normalized spacial score (nSPS) is 24.7. The Bertz CT molecular complexity index is 1610. The highest BCUT2D eigenvalue weighted by atomic mass is 32.2. The number of nitro benzene ring substituents is 1. The van der Waals surface area contributed by atoms with Gasteiger partial charge >= 0.3 is 0 Å². The Morgan fingerprint density at radius 1 is 0.927 bits per heavy atom. The number of anilines is 1. The van der Waals surface area contributed by atoms with Crippen LogP contribution in [0.25, 0.3) is 11.1 Å². The van der Waals surface area contributed by atoms with Gasteiger partial charge in [-0.15, -0.1) is 0 Å². The van der Waals surface area contributed by atoms with E-state index in [0.717, 1.165) is 59.8 Å². The summed E-state index contributed by atoms with van der Waals surface area (Å²) in [4.78, 5) is 24.1. The third-order valence-electron chi connectivity index (χ3n) is 9.45. The molecule has 1 amide bonds. The van der Waals surface area contributed by atoms with Gasteiger partial charge in [-0.2, -0.15) is 0 Å². The van der Waals surface area contributed by atoms with Crippen molar-refractivity contribution in [2.45, 2.75) is 57.3 Å². The number of rotatable bonds is 8. The highest BCUT2D eigenvalue weighted by Gasteiger charge is 2.50. The van der Waals surface area contributed by atoms with Crippen molar-refractivity contribution in [3.8, 4) is 11.1 Å². The highest BCUT2D eigenvalue weighted by molar-refractivity contribution is 7.90. The Balaban J connectivity index is 1.19. The molecule has 4 saturated carbocycles. The molecule has 0 spiro atoms. The van der Waals surface area contributed by atoms with Crippen LogP contribution in [-0.4, -0.2) is 25.8 Å². The lowest BCUT2D eigenvalue weighted by Crippen LogP contribution is -2.49. The van der Waals surface area contributed by atoms with Crippen LogP contribution in [0, 0.1) is 47.1 Å². The first-order chi connectivity index (χ1) is 19.5. The lowest BCUT2D eigenvalue weighted by Gasteiger charge is -2.57. The van der Waals surface area contributed by atoms with Crippen molar-refractivity contribution in [2.75, 3.05) is 11.9 Å². The van der Waals surface area contributed by atoms with Gasteiger partial charge in [-0.1, -0.05) is 36.4 Å². The van der Waals surface area contributed by atoms with Crippen LogP contribution in [-0.2, 0) is 10.0 Å². The van der Waals surface area contributed by atoms with Crippen molar-refractivity contribution in [1.29, 1.82) is 0 Å². The van der Waals surface area contributed by atoms with Gasteiger partial charge in [-0.3, -0.25) is 14.9 Å². The summed E-state index contributed by atoms with van der Waals surface area (Å²) < 4.78 is 28.4. The molecule has 4 aliphatic rings. The minimum absolute atomic E-state index is 0.161. The number of benzene rings is 3. The lowest BCUT2D eigenvalue weighted by atomic mass is 9.49. The molecular weight excluding hydrogens is 538 g/mol. The van der Waals surface area contributed by atoms with Crippen LogP contribution >= 0.6 is 0 Å². The molecule has 0 radical (unpaired) electrons. The summed E-state index contributed by atoms with van der Waals surface area (Å²) in [6, 6.07) is 16.9. The van der Waals surface area contributed by atoms with Crippen molar-refractivity contribution in [2.24, 2.45) is 23.2 Å². The van der Waals surface area contributed by atoms with Gasteiger partial charge in [0, 0.05) is 18.2 Å². The molecule has 4 fully saturated rings. The molecule has 0 unspecified atom stereocenters. The molecule has 9 heteroatoms. The molecule has 7 rings (SSSR count). The van der Waals surface area contributed by atoms with Crippen molar-refractivity contribution in [3.63, 3.8) is 0 Å². The fourth-order valence-corrected chi connectivity index (χ4v) is 8.97. The number of hydrogen-bond acceptors (Lipinski definition) is 6. The van der Waals surface area contributed by atoms with E-state index in [4.69, 9.17) is 0 Å². The molecule has 3 aromatic carbocycles. The molecule has 8 nitrogen and oxygen atoms in total. The number of hydrogen-bond donors (Lipinski definition) is 2. The largest absolute Gasteiger partial charge is 0.379 e. The van der Waals surface area contributed by atoms with E-state index < -0.39 is 20.9 Å². The van der Waals surface area contributed by atoms with Crippen LogP contribution in [0.4, 0.5) is 11.4 Å². The van der Waals surface area contributed by atoms with Crippen molar-refractivity contribution in [3.05, 3.63) is 87.5 Å². The monoisotopic (exact) mass is 573 g/mol. The second kappa shape index (κ2) is 10.3. The van der Waals surface area contributed by atoms with Gasteiger partial charge in [0.15, 0.2) is 0 Å². The maximum Gasteiger partial charge on any atom is 0.293 e. The van der Waals surface area contributed by atoms with Gasteiger partial charge < -0.3 is 5.32 Å². The lowest BCUT2D eigenvalue weighted by molar-refractivity contribution is -0.384. The molecular formula is C32H35N3O5S. The minimum Gasteiger partial charge on any atom is -0.379 e. The van der Waals surface area contributed by atoms with E-state index in [1.807, 2.05) is 37.3 Å². The summed E-state index contributed by atoms with van der Waals surface area (Å²) in [5.41, 5.74) is 4.02. The number of carbonyl (C=O) groups excluding carboxylic acids is 1. The van der Waals surface area contributed by atoms with Crippen molar-refractivity contribution < 1.29 is 18.1 Å². The van der Waals surface area contributed by atoms with E-state index in [9.17, 15) is 23.3 Å². The van der Waals surface area contributed by atoms with E-state index >= 15 is 0 Å². The summed E-state index contributed by atoms with van der Waals surface area (Å²) >= 11 is 0. The number of nitrogens with one attached hydrogen (secondary N) is 2. The zero-order valence-electron chi connectivity index (χ0n) is 23.4. The molecule has 0 heterocycles. The van der Waals surface area contributed by atoms with Gasteiger partial charge in [0.2, 0.25) is 0 Å². The fraction of sp³-hybridized carbons (Fsp3) is 0.406.